The van der Waals surface area contributed by atoms with Crippen LogP contribution in [0.5, 0.6) is 5.75 Å². The summed E-state index contributed by atoms with van der Waals surface area (Å²) in [6, 6.07) is 15.4. The van der Waals surface area contributed by atoms with E-state index in [0.29, 0.717) is 25.6 Å². The van der Waals surface area contributed by atoms with Crippen LogP contribution in [-0.2, 0) is 11.2 Å². The highest BCUT2D eigenvalue weighted by Crippen LogP contribution is 2.35. The minimum Gasteiger partial charge on any atom is -0.491 e. The monoisotopic (exact) mass is 492 g/mol. The molecule has 0 bridgehead atoms. The lowest BCUT2D eigenvalue weighted by Crippen LogP contribution is -2.48. The fourth-order valence-corrected chi connectivity index (χ4v) is 5.58. The fourth-order valence-electron chi connectivity index (χ4n) is 4.65. The van der Waals surface area contributed by atoms with E-state index in [4.69, 9.17) is 4.74 Å². The Balaban J connectivity index is 1.35. The van der Waals surface area contributed by atoms with Crippen LogP contribution in [-0.4, -0.2) is 47.9 Å². The molecular weight excluding hydrogens is 463 g/mol. The minimum absolute atomic E-state index is 0.0216. The molecule has 1 atom stereocenters. The number of thiophene rings is 1. The third-order valence-corrected chi connectivity index (χ3v) is 7.76. The Kier molecular flexibility index (Phi) is 6.86. The maximum absolute atomic E-state index is 13.8. The number of amides is 2. The van der Waals surface area contributed by atoms with Crippen LogP contribution < -0.4 is 4.74 Å². The van der Waals surface area contributed by atoms with Gasteiger partial charge in [-0.05, 0) is 78.9 Å². The van der Waals surface area contributed by atoms with Gasteiger partial charge >= 0.3 is 0 Å². The molecule has 0 radical (unpaired) electrons. The number of ether oxygens (including phenoxy) is 1. The maximum atomic E-state index is 13.8. The maximum Gasteiger partial charge on any atom is 0.254 e. The van der Waals surface area contributed by atoms with E-state index in [-0.39, 0.29) is 30.0 Å². The average Bonchev–Trinajstić information content (AvgIpc) is 3.54. The topological polar surface area (TPSA) is 49.9 Å². The molecule has 1 fully saturated rings. The molecule has 0 saturated heterocycles. The van der Waals surface area contributed by atoms with E-state index in [1.165, 1.54) is 23.1 Å². The molecule has 0 N–H and O–H groups in total. The Labute approximate surface area is 209 Å². The number of benzene rings is 2. The number of rotatable bonds is 8. The molecule has 0 spiro atoms. The molecule has 2 amide bonds. The van der Waals surface area contributed by atoms with Crippen LogP contribution in [0.25, 0.3) is 0 Å². The normalized spacial score (nSPS) is 17.1. The molecule has 1 aromatic heterocycles. The van der Waals surface area contributed by atoms with Crippen LogP contribution in [0.2, 0.25) is 0 Å². The minimum atomic E-state index is -0.456. The molecule has 0 unspecified atom stereocenters. The number of aryl methyl sites for hydroxylation is 1. The predicted molar refractivity (Wildman–Crippen MR) is 134 cm³/mol. The lowest BCUT2D eigenvalue weighted by Gasteiger charge is -2.37. The van der Waals surface area contributed by atoms with Gasteiger partial charge < -0.3 is 14.5 Å². The van der Waals surface area contributed by atoms with Gasteiger partial charge in [0.05, 0.1) is 6.04 Å². The van der Waals surface area contributed by atoms with E-state index < -0.39 is 5.82 Å². The van der Waals surface area contributed by atoms with Crippen molar-refractivity contribution >= 4 is 23.2 Å². The van der Waals surface area contributed by atoms with Crippen molar-refractivity contribution in [1.82, 2.24) is 9.80 Å². The summed E-state index contributed by atoms with van der Waals surface area (Å²) in [5, 5.41) is 2.06. The molecule has 1 saturated carbocycles. The Morgan fingerprint density at radius 1 is 1.14 bits per heavy atom. The molecule has 2 heterocycles. The van der Waals surface area contributed by atoms with Crippen molar-refractivity contribution in [1.29, 1.82) is 0 Å². The van der Waals surface area contributed by atoms with Crippen molar-refractivity contribution < 1.29 is 18.7 Å². The second-order valence-electron chi connectivity index (χ2n) is 9.37. The molecule has 1 aliphatic carbocycles. The Morgan fingerprint density at radius 3 is 2.74 bits per heavy atom. The summed E-state index contributed by atoms with van der Waals surface area (Å²) in [7, 11) is 0. The molecule has 1 aliphatic heterocycles. The molecule has 182 valence electrons. The van der Waals surface area contributed by atoms with Crippen molar-refractivity contribution in [2.24, 2.45) is 5.92 Å². The summed E-state index contributed by atoms with van der Waals surface area (Å²) in [5.74, 6) is 0.350. The first-order valence-electron chi connectivity index (χ1n) is 12.1. The van der Waals surface area contributed by atoms with Gasteiger partial charge in [-0.25, -0.2) is 4.39 Å². The first-order chi connectivity index (χ1) is 17.0. The number of carbonyl (C=O) groups excluding carboxylic acids is 2. The van der Waals surface area contributed by atoms with E-state index >= 15 is 0 Å². The van der Waals surface area contributed by atoms with E-state index in [9.17, 15) is 14.0 Å². The van der Waals surface area contributed by atoms with Crippen LogP contribution in [0.1, 0.15) is 45.2 Å². The van der Waals surface area contributed by atoms with Gasteiger partial charge in [0, 0.05) is 23.5 Å². The summed E-state index contributed by atoms with van der Waals surface area (Å²) in [6.45, 7) is 3.43. The average molecular weight is 493 g/mol. The van der Waals surface area contributed by atoms with Crippen molar-refractivity contribution in [3.8, 4) is 5.75 Å². The van der Waals surface area contributed by atoms with Crippen LogP contribution in [0.3, 0.4) is 0 Å². The molecule has 2 aromatic carbocycles. The first kappa shape index (κ1) is 23.5. The predicted octanol–water partition coefficient (Wildman–Crippen LogP) is 5.25. The Bertz CT molecular complexity index is 1220. The number of fused-ring (bicyclic) bond motifs is 1. The van der Waals surface area contributed by atoms with Crippen molar-refractivity contribution in [2.45, 2.75) is 32.2 Å². The summed E-state index contributed by atoms with van der Waals surface area (Å²) in [6.07, 6.45) is 2.89. The number of hydrogen-bond donors (Lipinski definition) is 0. The van der Waals surface area contributed by atoms with Gasteiger partial charge in [-0.3, -0.25) is 9.59 Å². The SMILES string of the molecule is Cc1ccccc1OC[C@@H]1c2ccsc2CCN1C(=O)CN(CC1CC1)C(=O)c1cccc(F)c1. The van der Waals surface area contributed by atoms with Gasteiger partial charge in [0.1, 0.15) is 24.7 Å². The van der Waals surface area contributed by atoms with Gasteiger partial charge in [0.15, 0.2) is 0 Å². The lowest BCUT2D eigenvalue weighted by atomic mass is 10.00. The van der Waals surface area contributed by atoms with Gasteiger partial charge in [-0.15, -0.1) is 11.3 Å². The number of carbonyl (C=O) groups is 2. The zero-order valence-electron chi connectivity index (χ0n) is 19.8. The molecule has 3 aromatic rings. The molecule has 7 heteroatoms. The van der Waals surface area contributed by atoms with Gasteiger partial charge in [0.25, 0.3) is 5.91 Å². The largest absolute Gasteiger partial charge is 0.491 e. The number of nitrogens with zero attached hydrogens (tertiary/aromatic N) is 2. The van der Waals surface area contributed by atoms with Crippen LogP contribution >= 0.6 is 11.3 Å². The van der Waals surface area contributed by atoms with Crippen molar-refractivity contribution in [2.75, 3.05) is 26.2 Å². The highest BCUT2D eigenvalue weighted by molar-refractivity contribution is 7.10. The summed E-state index contributed by atoms with van der Waals surface area (Å²) < 4.78 is 20.0. The van der Waals surface area contributed by atoms with Crippen molar-refractivity contribution in [3.63, 3.8) is 0 Å². The van der Waals surface area contributed by atoms with E-state index in [0.717, 1.165) is 36.1 Å². The second-order valence-corrected chi connectivity index (χ2v) is 10.4. The standard InChI is InChI=1S/C28H29FN2O3S/c1-19-5-2-3-8-25(19)34-18-24-23-12-14-35-26(23)11-13-31(24)27(32)17-30(16-20-9-10-20)28(33)21-6-4-7-22(29)15-21/h2-8,12,14-15,20,24H,9-11,13,16-18H2,1H3/t24-/m1/s1. The zero-order chi connectivity index (χ0) is 24.4. The number of halogens is 1. The lowest BCUT2D eigenvalue weighted by molar-refractivity contribution is -0.135. The highest BCUT2D eigenvalue weighted by Gasteiger charge is 2.35. The Hall–Kier alpha value is -3.19. The third kappa shape index (κ3) is 5.40. The van der Waals surface area contributed by atoms with Crippen LogP contribution in [0.4, 0.5) is 4.39 Å². The summed E-state index contributed by atoms with van der Waals surface area (Å²) in [5.41, 5.74) is 2.44. The van der Waals surface area contributed by atoms with E-state index in [1.54, 1.807) is 22.3 Å². The van der Waals surface area contributed by atoms with Gasteiger partial charge in [-0.2, -0.15) is 0 Å². The first-order valence-corrected chi connectivity index (χ1v) is 13.0. The Morgan fingerprint density at radius 2 is 1.97 bits per heavy atom. The van der Waals surface area contributed by atoms with Gasteiger partial charge in [-0.1, -0.05) is 24.3 Å². The second kappa shape index (κ2) is 10.2. The zero-order valence-corrected chi connectivity index (χ0v) is 20.6. The smallest absolute Gasteiger partial charge is 0.254 e. The third-order valence-electron chi connectivity index (χ3n) is 6.77. The van der Waals surface area contributed by atoms with Crippen LogP contribution in [0, 0.1) is 18.7 Å². The van der Waals surface area contributed by atoms with E-state index in [2.05, 4.69) is 11.4 Å². The molecule has 5 rings (SSSR count). The quantitative estimate of drug-likeness (QED) is 0.431. The van der Waals surface area contributed by atoms with Crippen molar-refractivity contribution in [3.05, 3.63) is 87.4 Å². The van der Waals surface area contributed by atoms with Crippen LogP contribution in [0.15, 0.2) is 60.0 Å². The highest BCUT2D eigenvalue weighted by atomic mass is 32.1. The summed E-state index contributed by atoms with van der Waals surface area (Å²) in [4.78, 5) is 31.6. The van der Waals surface area contributed by atoms with Gasteiger partial charge in [0.2, 0.25) is 5.91 Å². The van der Waals surface area contributed by atoms with E-state index in [1.807, 2.05) is 36.1 Å². The number of hydrogen-bond acceptors (Lipinski definition) is 4. The molecular formula is C28H29FN2O3S. The summed E-state index contributed by atoms with van der Waals surface area (Å²) >= 11 is 1.71. The fraction of sp³-hybridized carbons (Fsp3) is 0.357. The molecule has 5 nitrogen and oxygen atoms in total. The molecule has 2 aliphatic rings. The number of para-hydroxylation sites is 1. The molecule has 35 heavy (non-hydrogen) atoms.